The summed E-state index contributed by atoms with van der Waals surface area (Å²) in [6.45, 7) is 0. The Labute approximate surface area is 237 Å². The number of hydrogen-bond donors (Lipinski definition) is 0. The summed E-state index contributed by atoms with van der Waals surface area (Å²) in [6, 6.07) is 20.7. The molecule has 4 nitrogen and oxygen atoms in total. The molecular formula is C32H27F3O4S2. The maximum Gasteiger partial charge on any atom is 0.416 e. The van der Waals surface area contributed by atoms with Gasteiger partial charge in [-0.15, -0.1) is 0 Å². The highest BCUT2D eigenvalue weighted by atomic mass is 32.2. The average molecular weight is 597 g/mol. The number of sulfone groups is 2. The smallest absolute Gasteiger partial charge is 0.223 e. The molecule has 4 bridgehead atoms. The molecule has 2 saturated carbocycles. The van der Waals surface area contributed by atoms with Gasteiger partial charge in [0.25, 0.3) is 0 Å². The minimum absolute atomic E-state index is 0.0741. The van der Waals surface area contributed by atoms with Crippen molar-refractivity contribution in [2.24, 2.45) is 23.7 Å². The number of halogens is 3. The van der Waals surface area contributed by atoms with Crippen LogP contribution >= 0.6 is 0 Å². The van der Waals surface area contributed by atoms with Crippen LogP contribution in [-0.2, 0) is 25.9 Å². The molecule has 0 aromatic heterocycles. The molecule has 0 N–H and O–H groups in total. The molecule has 0 radical (unpaired) electrons. The zero-order valence-corrected chi connectivity index (χ0v) is 23.5. The summed E-state index contributed by atoms with van der Waals surface area (Å²) in [4.78, 5) is 0.148. The van der Waals surface area contributed by atoms with Gasteiger partial charge in [0.1, 0.15) is 0 Å². The minimum atomic E-state index is -4.48. The maximum atomic E-state index is 14.4. The van der Waals surface area contributed by atoms with Crippen molar-refractivity contribution in [2.45, 2.75) is 45.7 Å². The fraction of sp³-hybridized carbons (Fsp3) is 0.312. The molecule has 41 heavy (non-hydrogen) atoms. The Morgan fingerprint density at radius 1 is 0.634 bits per heavy atom. The Morgan fingerprint density at radius 3 is 1.49 bits per heavy atom. The van der Waals surface area contributed by atoms with E-state index in [0.717, 1.165) is 42.5 Å². The Bertz CT molecular complexity index is 1690. The van der Waals surface area contributed by atoms with E-state index in [2.05, 4.69) is 0 Å². The van der Waals surface area contributed by atoms with E-state index >= 15 is 0 Å². The standard InChI is InChI=1S/C32H27F3O4S2/c33-32(34,35)22-15-11-19(12-16-22)17-25-28-26-20-13-14-21(18-20)27(26)29(25)31(41(38,39)24-9-5-2-6-10-24)30(28)40(36,37)23-7-3-1-4-8-23/h1-12,15-17,20-21,28-31H,13-14,18H2/t20-,21-,28-,29-,30-,31-/m0/s1. The normalized spacial score (nSPS) is 28.8. The number of benzene rings is 3. The topological polar surface area (TPSA) is 68.3 Å². The molecule has 6 atom stereocenters. The van der Waals surface area contributed by atoms with Gasteiger partial charge in [0, 0.05) is 11.8 Å². The van der Waals surface area contributed by atoms with E-state index in [-0.39, 0.29) is 21.6 Å². The van der Waals surface area contributed by atoms with Crippen LogP contribution in [0.4, 0.5) is 13.2 Å². The van der Waals surface area contributed by atoms with Crippen molar-refractivity contribution in [3.05, 3.63) is 113 Å². The van der Waals surface area contributed by atoms with Crippen LogP contribution in [0.15, 0.2) is 111 Å². The first-order valence-corrected chi connectivity index (χ1v) is 16.8. The van der Waals surface area contributed by atoms with Gasteiger partial charge in [0.05, 0.1) is 25.9 Å². The molecule has 7 rings (SSSR count). The number of allylic oxidation sites excluding steroid dienone is 3. The van der Waals surface area contributed by atoms with Gasteiger partial charge in [-0.05, 0) is 73.1 Å². The van der Waals surface area contributed by atoms with Crippen molar-refractivity contribution < 1.29 is 30.0 Å². The summed E-state index contributed by atoms with van der Waals surface area (Å²) in [5.74, 6) is -0.868. The Hall–Kier alpha value is -3.17. The minimum Gasteiger partial charge on any atom is -0.223 e. The van der Waals surface area contributed by atoms with Gasteiger partial charge in [-0.25, -0.2) is 16.8 Å². The van der Waals surface area contributed by atoms with E-state index in [0.29, 0.717) is 11.1 Å². The third-order valence-electron chi connectivity index (χ3n) is 9.45. The molecule has 0 heterocycles. The van der Waals surface area contributed by atoms with Crippen molar-refractivity contribution >= 4 is 25.8 Å². The molecule has 2 fully saturated rings. The van der Waals surface area contributed by atoms with Crippen LogP contribution in [0.3, 0.4) is 0 Å². The molecule has 9 heteroatoms. The largest absolute Gasteiger partial charge is 0.416 e. The van der Waals surface area contributed by atoms with Crippen molar-refractivity contribution in [3.8, 4) is 0 Å². The van der Waals surface area contributed by atoms with Gasteiger partial charge in [0.2, 0.25) is 0 Å². The number of hydrogen-bond acceptors (Lipinski definition) is 4. The molecule has 0 spiro atoms. The lowest BCUT2D eigenvalue weighted by molar-refractivity contribution is -0.137. The first-order chi connectivity index (χ1) is 19.5. The van der Waals surface area contributed by atoms with Crippen LogP contribution in [0, 0.1) is 23.7 Å². The number of rotatable bonds is 5. The Balaban J connectivity index is 1.45. The molecule has 0 amide bonds. The van der Waals surface area contributed by atoms with Crippen LogP contribution in [0.5, 0.6) is 0 Å². The van der Waals surface area contributed by atoms with Gasteiger partial charge in [-0.3, -0.25) is 0 Å². The van der Waals surface area contributed by atoms with Crippen LogP contribution in [-0.4, -0.2) is 27.3 Å². The fourth-order valence-electron chi connectivity index (χ4n) is 7.94. The molecule has 3 aromatic carbocycles. The van der Waals surface area contributed by atoms with E-state index < -0.39 is 53.7 Å². The van der Waals surface area contributed by atoms with Crippen molar-refractivity contribution in [2.75, 3.05) is 0 Å². The number of alkyl halides is 3. The zero-order valence-electron chi connectivity index (χ0n) is 21.8. The first-order valence-electron chi connectivity index (χ1n) is 13.7. The molecule has 4 aliphatic carbocycles. The molecular weight excluding hydrogens is 569 g/mol. The summed E-state index contributed by atoms with van der Waals surface area (Å²) < 4.78 is 97.4. The molecule has 3 aromatic rings. The highest BCUT2D eigenvalue weighted by molar-refractivity contribution is 7.96. The summed E-state index contributed by atoms with van der Waals surface area (Å²) >= 11 is 0. The second kappa shape index (κ2) is 9.16. The van der Waals surface area contributed by atoms with Gasteiger partial charge in [-0.2, -0.15) is 13.2 Å². The van der Waals surface area contributed by atoms with Gasteiger partial charge in [-0.1, -0.05) is 71.3 Å². The van der Waals surface area contributed by atoms with Gasteiger partial charge >= 0.3 is 6.18 Å². The number of fused-ring (bicyclic) bond motifs is 8. The van der Waals surface area contributed by atoms with Crippen LogP contribution < -0.4 is 0 Å². The highest BCUT2D eigenvalue weighted by Crippen LogP contribution is 2.68. The summed E-state index contributed by atoms with van der Waals surface area (Å²) in [5, 5.41) is -2.47. The van der Waals surface area contributed by atoms with Gasteiger partial charge in [0.15, 0.2) is 19.7 Å². The van der Waals surface area contributed by atoms with Crippen molar-refractivity contribution in [1.29, 1.82) is 0 Å². The lowest BCUT2D eigenvalue weighted by Crippen LogP contribution is -2.45. The van der Waals surface area contributed by atoms with Crippen LogP contribution in [0.2, 0.25) is 0 Å². The summed E-state index contributed by atoms with van der Waals surface area (Å²) in [5.41, 5.74) is 2.54. The van der Waals surface area contributed by atoms with E-state index in [1.165, 1.54) is 36.4 Å². The zero-order chi connectivity index (χ0) is 28.7. The van der Waals surface area contributed by atoms with Crippen LogP contribution in [0.25, 0.3) is 6.08 Å². The second-order valence-corrected chi connectivity index (χ2v) is 15.7. The monoisotopic (exact) mass is 596 g/mol. The lowest BCUT2D eigenvalue weighted by atomic mass is 9.82. The van der Waals surface area contributed by atoms with E-state index in [1.54, 1.807) is 42.5 Å². The Kier molecular flexibility index (Phi) is 5.97. The summed E-state index contributed by atoms with van der Waals surface area (Å²) in [6.07, 6.45) is 0.0510. The molecule has 0 aliphatic heterocycles. The molecule has 0 unspecified atom stereocenters. The predicted molar refractivity (Wildman–Crippen MR) is 149 cm³/mol. The van der Waals surface area contributed by atoms with E-state index in [9.17, 15) is 30.0 Å². The quantitative estimate of drug-likeness (QED) is 0.241. The fourth-order valence-corrected chi connectivity index (χ4v) is 12.9. The SMILES string of the molecule is O=S(=O)(c1ccccc1)[C@H]1[C@H]2C(=Cc3ccc(C(F)(F)F)cc3)[C@@H](C3=C2[C@H]2CC[C@H]3C2)[C@@H]1S(=O)(=O)c1ccccc1. The molecule has 4 aliphatic rings. The van der Waals surface area contributed by atoms with E-state index in [4.69, 9.17) is 0 Å². The third kappa shape index (κ3) is 3.99. The molecule has 0 saturated heterocycles. The average Bonchev–Trinajstić information content (AvgIpc) is 3.73. The third-order valence-corrected chi connectivity index (χ3v) is 14.0. The summed E-state index contributed by atoms with van der Waals surface area (Å²) in [7, 11) is -8.24. The van der Waals surface area contributed by atoms with Gasteiger partial charge < -0.3 is 0 Å². The van der Waals surface area contributed by atoms with Crippen LogP contribution in [0.1, 0.15) is 30.4 Å². The Morgan fingerprint density at radius 2 is 1.07 bits per heavy atom. The first kappa shape index (κ1) is 26.7. The molecule has 212 valence electrons. The van der Waals surface area contributed by atoms with Crippen molar-refractivity contribution in [1.82, 2.24) is 0 Å². The van der Waals surface area contributed by atoms with Crippen molar-refractivity contribution in [3.63, 3.8) is 0 Å². The maximum absolute atomic E-state index is 14.4. The second-order valence-electron chi connectivity index (χ2n) is 11.5. The highest BCUT2D eigenvalue weighted by Gasteiger charge is 2.67. The predicted octanol–water partition coefficient (Wildman–Crippen LogP) is 6.76. The van der Waals surface area contributed by atoms with E-state index in [1.807, 2.05) is 0 Å². The lowest BCUT2D eigenvalue weighted by Gasteiger charge is -2.35.